The number of aliphatic carboxylic acids is 3. The Morgan fingerprint density at radius 2 is 1.07 bits per heavy atom. The first kappa shape index (κ1) is 23.8. The molecule has 11 nitrogen and oxygen atoms in total. The molecule has 3 N–H and O–H groups in total. The summed E-state index contributed by atoms with van der Waals surface area (Å²) >= 11 is 0. The Hall–Kier alpha value is -2.47. The highest BCUT2D eigenvalue weighted by Crippen LogP contribution is 2.07. The fraction of sp³-hybridized carbons (Fsp3) is 0.632. The van der Waals surface area contributed by atoms with Crippen molar-refractivity contribution in [1.82, 2.24) is 19.6 Å². The van der Waals surface area contributed by atoms with E-state index >= 15 is 0 Å². The Balaban J connectivity index is 2.11. The van der Waals surface area contributed by atoms with Crippen LogP contribution in [-0.2, 0) is 20.9 Å². The van der Waals surface area contributed by atoms with E-state index in [9.17, 15) is 24.6 Å². The number of hydrogen-bond acceptors (Lipinski definition) is 8. The first-order valence-electron chi connectivity index (χ1n) is 9.89. The van der Waals surface area contributed by atoms with Crippen LogP contribution in [0.25, 0.3) is 0 Å². The van der Waals surface area contributed by atoms with Gasteiger partial charge in [-0.05, 0) is 12.1 Å². The predicted molar refractivity (Wildman–Crippen MR) is 106 cm³/mol. The summed E-state index contributed by atoms with van der Waals surface area (Å²) in [5.74, 6) is -2.06. The lowest BCUT2D eigenvalue weighted by Gasteiger charge is -2.32. The molecular formula is C19H30N4O7. The van der Waals surface area contributed by atoms with E-state index in [2.05, 4.69) is 4.90 Å². The van der Waals surface area contributed by atoms with Crippen molar-refractivity contribution in [2.24, 2.45) is 0 Å². The van der Waals surface area contributed by atoms with Crippen LogP contribution in [0.3, 0.4) is 0 Å². The number of rotatable bonds is 8. The van der Waals surface area contributed by atoms with Crippen molar-refractivity contribution in [1.29, 1.82) is 0 Å². The van der Waals surface area contributed by atoms with Gasteiger partial charge in [-0.3, -0.25) is 34.0 Å². The zero-order chi connectivity index (χ0) is 21.9. The van der Waals surface area contributed by atoms with Crippen molar-refractivity contribution >= 4 is 17.9 Å². The highest BCUT2D eigenvalue weighted by Gasteiger charge is 2.20. The fourth-order valence-corrected chi connectivity index (χ4v) is 3.41. The molecule has 168 valence electrons. The van der Waals surface area contributed by atoms with Gasteiger partial charge < -0.3 is 19.7 Å². The monoisotopic (exact) mass is 426 g/mol. The normalized spacial score (nSPS) is 19.1. The second-order valence-electron chi connectivity index (χ2n) is 7.37. The van der Waals surface area contributed by atoms with Crippen molar-refractivity contribution < 1.29 is 34.1 Å². The second-order valence-corrected chi connectivity index (χ2v) is 7.37. The van der Waals surface area contributed by atoms with Crippen LogP contribution in [0.15, 0.2) is 22.8 Å². The molecule has 0 unspecified atom stereocenters. The molecule has 0 aromatic carbocycles. The van der Waals surface area contributed by atoms with Crippen LogP contribution >= 0.6 is 0 Å². The van der Waals surface area contributed by atoms with Gasteiger partial charge in [-0.1, -0.05) is 0 Å². The summed E-state index contributed by atoms with van der Waals surface area (Å²) in [6, 6.07) is 3.67. The third-order valence-electron chi connectivity index (χ3n) is 4.97. The Kier molecular flexibility index (Phi) is 9.74. The second kappa shape index (κ2) is 12.3. The SMILES string of the molecule is O=C(O)CN1CCN(CC(=O)O)CCN(Cc2ccco2)CCN(CC(=O)O)CC1. The molecule has 0 aliphatic carbocycles. The lowest BCUT2D eigenvalue weighted by atomic mass is 10.3. The van der Waals surface area contributed by atoms with Crippen molar-refractivity contribution in [3.8, 4) is 0 Å². The van der Waals surface area contributed by atoms with E-state index in [1.807, 2.05) is 6.07 Å². The van der Waals surface area contributed by atoms with E-state index in [0.717, 1.165) is 5.76 Å². The molecule has 2 heterocycles. The summed E-state index contributed by atoms with van der Waals surface area (Å²) in [6.07, 6.45) is 1.59. The zero-order valence-electron chi connectivity index (χ0n) is 17.0. The summed E-state index contributed by atoms with van der Waals surface area (Å²) in [4.78, 5) is 41.1. The van der Waals surface area contributed by atoms with E-state index in [0.29, 0.717) is 58.9 Å². The molecular weight excluding hydrogens is 396 g/mol. The van der Waals surface area contributed by atoms with E-state index in [1.54, 1.807) is 27.0 Å². The summed E-state index contributed by atoms with van der Waals surface area (Å²) in [5.41, 5.74) is 0. The lowest BCUT2D eigenvalue weighted by molar-refractivity contribution is -0.140. The summed E-state index contributed by atoms with van der Waals surface area (Å²) < 4.78 is 5.42. The van der Waals surface area contributed by atoms with Crippen molar-refractivity contribution in [2.45, 2.75) is 6.54 Å². The average Bonchev–Trinajstić information content (AvgIpc) is 3.15. The Morgan fingerprint density at radius 3 is 1.37 bits per heavy atom. The van der Waals surface area contributed by atoms with Gasteiger partial charge in [0.1, 0.15) is 5.76 Å². The van der Waals surface area contributed by atoms with Crippen molar-refractivity contribution in [3.63, 3.8) is 0 Å². The van der Waals surface area contributed by atoms with Crippen LogP contribution in [0.1, 0.15) is 5.76 Å². The van der Waals surface area contributed by atoms with Crippen LogP contribution in [0, 0.1) is 0 Å². The van der Waals surface area contributed by atoms with Crippen LogP contribution in [0.5, 0.6) is 0 Å². The minimum Gasteiger partial charge on any atom is -0.480 e. The zero-order valence-corrected chi connectivity index (χ0v) is 17.0. The summed E-state index contributed by atoms with van der Waals surface area (Å²) in [5, 5.41) is 27.6. The highest BCUT2D eigenvalue weighted by molar-refractivity contribution is 5.69. The minimum atomic E-state index is -0.971. The molecule has 1 aromatic rings. The molecule has 0 bridgehead atoms. The van der Waals surface area contributed by atoms with E-state index in [4.69, 9.17) is 9.52 Å². The average molecular weight is 426 g/mol. The summed E-state index contributed by atoms with van der Waals surface area (Å²) in [6.45, 7) is 3.85. The molecule has 0 spiro atoms. The van der Waals surface area contributed by atoms with Crippen molar-refractivity contribution in [3.05, 3.63) is 24.2 Å². The molecule has 1 aromatic heterocycles. The fourth-order valence-electron chi connectivity index (χ4n) is 3.41. The van der Waals surface area contributed by atoms with Gasteiger partial charge >= 0.3 is 17.9 Å². The summed E-state index contributed by atoms with van der Waals surface area (Å²) in [7, 11) is 0. The van der Waals surface area contributed by atoms with Crippen LogP contribution in [0.2, 0.25) is 0 Å². The van der Waals surface area contributed by atoms with E-state index < -0.39 is 17.9 Å². The van der Waals surface area contributed by atoms with E-state index in [1.165, 1.54) is 0 Å². The maximum Gasteiger partial charge on any atom is 0.317 e. The number of carboxylic acid groups (broad SMARTS) is 3. The first-order chi connectivity index (χ1) is 14.3. The first-order valence-corrected chi connectivity index (χ1v) is 9.89. The van der Waals surface area contributed by atoms with Crippen molar-refractivity contribution in [2.75, 3.05) is 72.0 Å². The van der Waals surface area contributed by atoms with Crippen LogP contribution in [-0.4, -0.2) is 125 Å². The Morgan fingerprint density at radius 1 is 0.700 bits per heavy atom. The molecule has 1 aliphatic rings. The van der Waals surface area contributed by atoms with Gasteiger partial charge in [-0.15, -0.1) is 0 Å². The smallest absolute Gasteiger partial charge is 0.317 e. The molecule has 1 aliphatic heterocycles. The molecule has 0 saturated carbocycles. The molecule has 1 fully saturated rings. The van der Waals surface area contributed by atoms with Gasteiger partial charge in [0.15, 0.2) is 0 Å². The predicted octanol–water partition coefficient (Wildman–Crippen LogP) is -0.745. The van der Waals surface area contributed by atoms with Gasteiger partial charge in [0.05, 0.1) is 32.4 Å². The molecule has 1 saturated heterocycles. The maximum atomic E-state index is 11.2. The largest absolute Gasteiger partial charge is 0.480 e. The molecule has 0 amide bonds. The standard InChI is InChI=1S/C19H30N4O7/c24-17(25)13-21-5-3-20(12-16-2-1-11-30-16)4-6-22(14-18(26)27)8-10-23(9-7-21)15-19(28)29/h1-2,11H,3-10,12-15H2,(H,24,25)(H,26,27)(H,28,29). The topological polar surface area (TPSA) is 138 Å². The Labute approximate surface area is 175 Å². The number of carbonyl (C=O) groups is 3. The number of hydrogen-bond donors (Lipinski definition) is 3. The third-order valence-corrected chi connectivity index (χ3v) is 4.97. The lowest BCUT2D eigenvalue weighted by Crippen LogP contribution is -2.48. The van der Waals surface area contributed by atoms with Gasteiger partial charge in [-0.25, -0.2) is 0 Å². The maximum absolute atomic E-state index is 11.2. The Bertz CT molecular complexity index is 650. The van der Waals surface area contributed by atoms with Gasteiger partial charge in [-0.2, -0.15) is 0 Å². The molecule has 30 heavy (non-hydrogen) atoms. The quantitative estimate of drug-likeness (QED) is 0.484. The van der Waals surface area contributed by atoms with Gasteiger partial charge in [0, 0.05) is 52.4 Å². The van der Waals surface area contributed by atoms with Crippen LogP contribution < -0.4 is 0 Å². The van der Waals surface area contributed by atoms with Gasteiger partial charge in [0.2, 0.25) is 0 Å². The molecule has 2 rings (SSSR count). The molecule has 0 radical (unpaired) electrons. The third kappa shape index (κ3) is 9.35. The number of nitrogens with zero attached hydrogens (tertiary/aromatic N) is 4. The number of carboxylic acids is 3. The van der Waals surface area contributed by atoms with Crippen LogP contribution in [0.4, 0.5) is 0 Å². The van der Waals surface area contributed by atoms with Gasteiger partial charge in [0.25, 0.3) is 0 Å². The minimum absolute atomic E-state index is 0.124. The molecule has 0 atom stereocenters. The number of furan rings is 1. The molecule has 11 heteroatoms. The van der Waals surface area contributed by atoms with E-state index in [-0.39, 0.29) is 19.6 Å². The highest BCUT2D eigenvalue weighted by atomic mass is 16.4.